The minimum absolute atomic E-state index is 0.0833. The maximum atomic E-state index is 7.02. The van der Waals surface area contributed by atoms with Crippen molar-refractivity contribution in [1.82, 2.24) is 10.6 Å². The SMILES string of the molecule is CC(=S)NC(=N)NC(=N)N. The summed E-state index contributed by atoms with van der Waals surface area (Å²) in [5.41, 5.74) is 4.92. The molecular weight excluding hydrogens is 150 g/mol. The van der Waals surface area contributed by atoms with Crippen molar-refractivity contribution < 1.29 is 0 Å². The molecular formula is C4H9N5S. The van der Waals surface area contributed by atoms with Crippen LogP contribution in [0.4, 0.5) is 0 Å². The minimum atomic E-state index is -0.284. The highest BCUT2D eigenvalue weighted by molar-refractivity contribution is 7.80. The van der Waals surface area contributed by atoms with Gasteiger partial charge in [0, 0.05) is 0 Å². The second-order valence-electron chi connectivity index (χ2n) is 1.59. The highest BCUT2D eigenvalue weighted by Crippen LogP contribution is 1.65. The molecule has 0 aromatic carbocycles. The third-order valence-electron chi connectivity index (χ3n) is 0.561. The molecule has 0 saturated heterocycles. The Kier molecular flexibility index (Phi) is 3.34. The molecule has 56 valence electrons. The van der Waals surface area contributed by atoms with Crippen molar-refractivity contribution in [2.75, 3.05) is 0 Å². The van der Waals surface area contributed by atoms with Crippen molar-refractivity contribution in [3.8, 4) is 0 Å². The number of rotatable bonds is 0. The fourth-order valence-electron chi connectivity index (χ4n) is 0.342. The number of nitrogens with one attached hydrogen (secondary N) is 4. The first-order chi connectivity index (χ1) is 4.52. The van der Waals surface area contributed by atoms with Gasteiger partial charge in [0.1, 0.15) is 0 Å². The van der Waals surface area contributed by atoms with Crippen LogP contribution in [0.2, 0.25) is 0 Å². The second kappa shape index (κ2) is 3.78. The molecule has 0 aromatic heterocycles. The van der Waals surface area contributed by atoms with Gasteiger partial charge in [-0.1, -0.05) is 12.2 Å². The average Bonchev–Trinajstić information content (AvgIpc) is 1.58. The topological polar surface area (TPSA) is 97.8 Å². The molecule has 0 rings (SSSR count). The summed E-state index contributed by atoms with van der Waals surface area (Å²) in [6.07, 6.45) is 0. The van der Waals surface area contributed by atoms with E-state index in [-0.39, 0.29) is 11.9 Å². The molecule has 0 heterocycles. The lowest BCUT2D eigenvalue weighted by molar-refractivity contribution is 1.13. The van der Waals surface area contributed by atoms with Crippen LogP contribution in [0.25, 0.3) is 0 Å². The lowest BCUT2D eigenvalue weighted by atomic mass is 10.7. The normalized spacial score (nSPS) is 8.10. The Morgan fingerprint density at radius 2 is 1.90 bits per heavy atom. The largest absolute Gasteiger partial charge is 0.370 e. The van der Waals surface area contributed by atoms with E-state index in [0.29, 0.717) is 4.99 Å². The molecule has 6 N–H and O–H groups in total. The first-order valence-corrected chi connectivity index (χ1v) is 2.90. The zero-order chi connectivity index (χ0) is 8.15. The Morgan fingerprint density at radius 3 is 2.20 bits per heavy atom. The third-order valence-corrected chi connectivity index (χ3v) is 0.663. The number of thiocarbonyl (C=S) groups is 1. The zero-order valence-corrected chi connectivity index (χ0v) is 6.30. The Balaban J connectivity index is 3.65. The highest BCUT2D eigenvalue weighted by atomic mass is 32.1. The Hall–Kier alpha value is -1.17. The number of nitrogens with two attached hydrogens (primary N) is 1. The molecule has 5 nitrogen and oxygen atoms in total. The van der Waals surface area contributed by atoms with Gasteiger partial charge in [0.15, 0.2) is 11.9 Å². The Morgan fingerprint density at radius 1 is 1.40 bits per heavy atom. The van der Waals surface area contributed by atoms with Crippen molar-refractivity contribution in [2.24, 2.45) is 5.73 Å². The van der Waals surface area contributed by atoms with Gasteiger partial charge in [-0.2, -0.15) is 0 Å². The molecule has 0 amide bonds. The molecule has 0 atom stereocenters. The standard InChI is InChI=1S/C4H9N5S/c1-2(10)8-4(7)9-3(5)6/h1H3,(H6,5,6,7,8,9,10). The van der Waals surface area contributed by atoms with Crippen LogP contribution in [0, 0.1) is 10.8 Å². The predicted molar refractivity (Wildman–Crippen MR) is 44.2 cm³/mol. The summed E-state index contributed by atoms with van der Waals surface area (Å²) in [5.74, 6) is -0.367. The quantitative estimate of drug-likeness (QED) is 0.184. The van der Waals surface area contributed by atoms with Crippen LogP contribution in [0.15, 0.2) is 0 Å². The van der Waals surface area contributed by atoms with E-state index in [1.165, 1.54) is 0 Å². The van der Waals surface area contributed by atoms with E-state index in [2.05, 4.69) is 22.9 Å². The van der Waals surface area contributed by atoms with Crippen molar-refractivity contribution >= 4 is 29.1 Å². The average molecular weight is 159 g/mol. The molecule has 0 aliphatic rings. The fourth-order valence-corrected chi connectivity index (χ4v) is 0.444. The van der Waals surface area contributed by atoms with E-state index in [4.69, 9.17) is 16.6 Å². The Labute approximate surface area is 64.0 Å². The van der Waals surface area contributed by atoms with E-state index < -0.39 is 0 Å². The number of hydrogen-bond donors (Lipinski definition) is 5. The van der Waals surface area contributed by atoms with Crippen LogP contribution < -0.4 is 16.4 Å². The Bertz CT molecular complexity index is 156. The van der Waals surface area contributed by atoms with E-state index in [1.807, 2.05) is 0 Å². The number of guanidine groups is 2. The first kappa shape index (κ1) is 8.83. The van der Waals surface area contributed by atoms with E-state index in [0.717, 1.165) is 0 Å². The van der Waals surface area contributed by atoms with Crippen LogP contribution in [0.1, 0.15) is 6.92 Å². The maximum Gasteiger partial charge on any atom is 0.200 e. The monoisotopic (exact) mass is 159 g/mol. The molecule has 0 saturated carbocycles. The first-order valence-electron chi connectivity index (χ1n) is 2.49. The second-order valence-corrected chi connectivity index (χ2v) is 2.21. The van der Waals surface area contributed by atoms with Gasteiger partial charge in [-0.15, -0.1) is 0 Å². The van der Waals surface area contributed by atoms with Gasteiger partial charge >= 0.3 is 0 Å². The summed E-state index contributed by atoms with van der Waals surface area (Å²) in [6, 6.07) is 0. The van der Waals surface area contributed by atoms with Gasteiger partial charge in [0.2, 0.25) is 0 Å². The molecule has 0 fully saturated rings. The van der Waals surface area contributed by atoms with Gasteiger partial charge in [-0.05, 0) is 6.92 Å². The molecule has 6 heteroatoms. The van der Waals surface area contributed by atoms with Crippen molar-refractivity contribution in [3.63, 3.8) is 0 Å². The molecule has 0 bridgehead atoms. The summed E-state index contributed by atoms with van der Waals surface area (Å²) in [6.45, 7) is 1.63. The van der Waals surface area contributed by atoms with Gasteiger partial charge < -0.3 is 11.1 Å². The summed E-state index contributed by atoms with van der Waals surface area (Å²) >= 11 is 4.62. The van der Waals surface area contributed by atoms with E-state index >= 15 is 0 Å². The lowest BCUT2D eigenvalue weighted by Crippen LogP contribution is -2.44. The summed E-state index contributed by atoms with van der Waals surface area (Å²) in [4.78, 5) is 0.457. The summed E-state index contributed by atoms with van der Waals surface area (Å²) in [7, 11) is 0. The van der Waals surface area contributed by atoms with Crippen molar-refractivity contribution in [3.05, 3.63) is 0 Å². The van der Waals surface area contributed by atoms with Crippen LogP contribution in [0.5, 0.6) is 0 Å². The zero-order valence-electron chi connectivity index (χ0n) is 5.49. The number of hydrogen-bond acceptors (Lipinski definition) is 3. The predicted octanol–water partition coefficient (Wildman–Crippen LogP) is -0.659. The highest BCUT2D eigenvalue weighted by Gasteiger charge is 1.94. The van der Waals surface area contributed by atoms with Crippen LogP contribution >= 0.6 is 12.2 Å². The minimum Gasteiger partial charge on any atom is -0.370 e. The van der Waals surface area contributed by atoms with Crippen molar-refractivity contribution in [1.29, 1.82) is 10.8 Å². The van der Waals surface area contributed by atoms with Gasteiger partial charge in [-0.3, -0.25) is 16.1 Å². The van der Waals surface area contributed by atoms with Gasteiger partial charge in [0.05, 0.1) is 4.99 Å². The van der Waals surface area contributed by atoms with E-state index in [1.54, 1.807) is 6.92 Å². The third kappa shape index (κ3) is 4.98. The molecule has 10 heavy (non-hydrogen) atoms. The molecule has 0 aliphatic heterocycles. The van der Waals surface area contributed by atoms with Crippen LogP contribution in [-0.2, 0) is 0 Å². The molecule has 0 aromatic rings. The van der Waals surface area contributed by atoms with E-state index in [9.17, 15) is 0 Å². The molecule has 0 spiro atoms. The summed E-state index contributed by atoms with van der Waals surface area (Å²) in [5, 5.41) is 18.4. The van der Waals surface area contributed by atoms with Crippen molar-refractivity contribution in [2.45, 2.75) is 6.92 Å². The van der Waals surface area contributed by atoms with Crippen LogP contribution in [-0.4, -0.2) is 16.9 Å². The molecule has 0 radical (unpaired) electrons. The fraction of sp³-hybridized carbons (Fsp3) is 0.250. The van der Waals surface area contributed by atoms with Gasteiger partial charge in [-0.25, -0.2) is 0 Å². The molecule has 0 unspecified atom stereocenters. The van der Waals surface area contributed by atoms with Gasteiger partial charge in [0.25, 0.3) is 0 Å². The smallest absolute Gasteiger partial charge is 0.200 e. The lowest BCUT2D eigenvalue weighted by Gasteiger charge is -2.05. The summed E-state index contributed by atoms with van der Waals surface area (Å²) < 4.78 is 0. The molecule has 0 aliphatic carbocycles. The van der Waals surface area contributed by atoms with Crippen LogP contribution in [0.3, 0.4) is 0 Å². The maximum absolute atomic E-state index is 7.02.